The molecule has 7 heteroatoms. The number of carbonyl (C=O) groups excluding carboxylic acids is 1. The van der Waals surface area contributed by atoms with Crippen LogP contribution in [0.15, 0.2) is 63.6 Å². The van der Waals surface area contributed by atoms with E-state index in [9.17, 15) is 4.79 Å². The van der Waals surface area contributed by atoms with E-state index in [2.05, 4.69) is 15.2 Å². The number of rotatable bonds is 6. The first-order valence-electron chi connectivity index (χ1n) is 9.79. The molecule has 1 aliphatic rings. The van der Waals surface area contributed by atoms with Crippen molar-refractivity contribution in [3.63, 3.8) is 0 Å². The summed E-state index contributed by atoms with van der Waals surface area (Å²) in [5.41, 5.74) is 0.932. The smallest absolute Gasteiger partial charge is 0.287 e. The van der Waals surface area contributed by atoms with Crippen LogP contribution in [-0.2, 0) is 0 Å². The van der Waals surface area contributed by atoms with Gasteiger partial charge in [0.1, 0.15) is 5.76 Å². The molecule has 1 amide bonds. The van der Waals surface area contributed by atoms with Crippen molar-refractivity contribution in [3.05, 3.63) is 66.3 Å². The van der Waals surface area contributed by atoms with Crippen LogP contribution >= 0.6 is 11.3 Å². The van der Waals surface area contributed by atoms with E-state index in [-0.39, 0.29) is 11.9 Å². The molecule has 0 radical (unpaired) electrons. The third-order valence-corrected chi connectivity index (χ3v) is 6.29. The average molecular weight is 407 g/mol. The van der Waals surface area contributed by atoms with Crippen LogP contribution in [0.3, 0.4) is 0 Å². The molecule has 1 aliphatic heterocycles. The minimum absolute atomic E-state index is 0.0372. The van der Waals surface area contributed by atoms with Gasteiger partial charge in [0.15, 0.2) is 16.5 Å². The number of hydrogen-bond donors (Lipinski definition) is 1. The number of aromatic nitrogens is 1. The molecule has 29 heavy (non-hydrogen) atoms. The van der Waals surface area contributed by atoms with Crippen molar-refractivity contribution < 1.29 is 13.6 Å². The van der Waals surface area contributed by atoms with Crippen molar-refractivity contribution in [1.29, 1.82) is 0 Å². The molecule has 4 heterocycles. The summed E-state index contributed by atoms with van der Waals surface area (Å²) in [6.45, 7) is 2.51. The van der Waals surface area contributed by atoms with Crippen LogP contribution in [0.25, 0.3) is 21.0 Å². The van der Waals surface area contributed by atoms with Gasteiger partial charge < -0.3 is 14.2 Å². The maximum Gasteiger partial charge on any atom is 0.287 e. The summed E-state index contributed by atoms with van der Waals surface area (Å²) in [6, 6.07) is 15.3. The molecule has 0 aliphatic carbocycles. The van der Waals surface area contributed by atoms with Crippen molar-refractivity contribution in [1.82, 2.24) is 15.2 Å². The number of furan rings is 2. The Morgan fingerprint density at radius 1 is 1.14 bits per heavy atom. The van der Waals surface area contributed by atoms with Crippen molar-refractivity contribution in [2.24, 2.45) is 0 Å². The monoisotopic (exact) mass is 407 g/mol. The number of thiazole rings is 1. The third-order valence-electron chi connectivity index (χ3n) is 5.24. The van der Waals surface area contributed by atoms with Crippen LogP contribution in [0.1, 0.15) is 35.2 Å². The average Bonchev–Trinajstić information content (AvgIpc) is 3.55. The lowest BCUT2D eigenvalue weighted by molar-refractivity contribution is 0.0907. The van der Waals surface area contributed by atoms with Gasteiger partial charge in [0.25, 0.3) is 5.91 Å². The topological polar surface area (TPSA) is 71.5 Å². The molecule has 1 atom stereocenters. The molecule has 1 saturated heterocycles. The van der Waals surface area contributed by atoms with Crippen LogP contribution in [0.5, 0.6) is 0 Å². The zero-order valence-electron chi connectivity index (χ0n) is 15.8. The van der Waals surface area contributed by atoms with Gasteiger partial charge >= 0.3 is 0 Å². The van der Waals surface area contributed by atoms with Crippen molar-refractivity contribution in [2.75, 3.05) is 19.6 Å². The molecule has 148 valence electrons. The molecule has 0 unspecified atom stereocenters. The zero-order chi connectivity index (χ0) is 19.6. The van der Waals surface area contributed by atoms with Crippen molar-refractivity contribution in [3.8, 4) is 10.8 Å². The highest BCUT2D eigenvalue weighted by atomic mass is 32.1. The molecule has 4 aromatic rings. The molecule has 6 nitrogen and oxygen atoms in total. The molecule has 3 aromatic heterocycles. The van der Waals surface area contributed by atoms with Gasteiger partial charge in [0.05, 0.1) is 22.5 Å². The second-order valence-corrected chi connectivity index (χ2v) is 8.17. The molecular weight excluding hydrogens is 386 g/mol. The summed E-state index contributed by atoms with van der Waals surface area (Å²) < 4.78 is 12.5. The molecule has 5 rings (SSSR count). The maximum absolute atomic E-state index is 12.7. The van der Waals surface area contributed by atoms with E-state index in [1.807, 2.05) is 36.4 Å². The summed E-state index contributed by atoms with van der Waals surface area (Å²) >= 11 is 1.55. The molecule has 0 spiro atoms. The van der Waals surface area contributed by atoms with Crippen molar-refractivity contribution in [2.45, 2.75) is 18.9 Å². The van der Waals surface area contributed by atoms with E-state index >= 15 is 0 Å². The molecule has 0 saturated carbocycles. The molecule has 1 aromatic carbocycles. The third kappa shape index (κ3) is 3.71. The predicted molar refractivity (Wildman–Crippen MR) is 112 cm³/mol. The largest absolute Gasteiger partial charge is 0.468 e. The highest BCUT2D eigenvalue weighted by molar-refractivity contribution is 7.21. The number of nitrogens with zero attached hydrogens (tertiary/aromatic N) is 2. The summed E-state index contributed by atoms with van der Waals surface area (Å²) in [6.07, 6.45) is 4.03. The number of nitrogens with one attached hydrogen (secondary N) is 1. The Bertz CT molecular complexity index is 1080. The number of carbonyl (C=O) groups is 1. The van der Waals surface area contributed by atoms with Gasteiger partial charge in [-0.2, -0.15) is 0 Å². The fourth-order valence-electron chi connectivity index (χ4n) is 3.77. The lowest BCUT2D eigenvalue weighted by atomic mass is 10.2. The van der Waals surface area contributed by atoms with E-state index in [0.29, 0.717) is 18.1 Å². The fourth-order valence-corrected chi connectivity index (χ4v) is 4.70. The zero-order valence-corrected chi connectivity index (χ0v) is 16.7. The van der Waals surface area contributed by atoms with E-state index in [1.165, 1.54) is 12.8 Å². The Balaban J connectivity index is 1.29. The second kappa shape index (κ2) is 7.85. The Hall–Kier alpha value is -2.90. The van der Waals surface area contributed by atoms with E-state index in [0.717, 1.165) is 34.1 Å². The van der Waals surface area contributed by atoms with Crippen LogP contribution < -0.4 is 5.32 Å². The number of likely N-dealkylation sites (tertiary alicyclic amines) is 1. The quantitative estimate of drug-likeness (QED) is 0.501. The van der Waals surface area contributed by atoms with E-state index < -0.39 is 0 Å². The van der Waals surface area contributed by atoms with Gasteiger partial charge in [0, 0.05) is 6.54 Å². The number of amides is 1. The predicted octanol–water partition coefficient (Wildman–Crippen LogP) is 4.72. The van der Waals surface area contributed by atoms with Gasteiger partial charge in [-0.15, -0.1) is 11.3 Å². The Morgan fingerprint density at radius 2 is 2.00 bits per heavy atom. The Kier molecular flexibility index (Phi) is 4.91. The van der Waals surface area contributed by atoms with Crippen LogP contribution in [0, 0.1) is 0 Å². The highest BCUT2D eigenvalue weighted by Gasteiger charge is 2.26. The van der Waals surface area contributed by atoms with Gasteiger partial charge in [0.2, 0.25) is 0 Å². The van der Waals surface area contributed by atoms with Gasteiger partial charge in [-0.05, 0) is 62.3 Å². The first kappa shape index (κ1) is 18.1. The summed E-state index contributed by atoms with van der Waals surface area (Å²) in [4.78, 5) is 19.6. The second-order valence-electron chi connectivity index (χ2n) is 7.13. The van der Waals surface area contributed by atoms with E-state index in [1.54, 1.807) is 29.7 Å². The first-order chi connectivity index (χ1) is 14.3. The first-order valence-corrected chi connectivity index (χ1v) is 10.6. The summed E-state index contributed by atoms with van der Waals surface area (Å²) in [5, 5.41) is 3.78. The normalized spacial score (nSPS) is 15.7. The van der Waals surface area contributed by atoms with Gasteiger partial charge in [-0.25, -0.2) is 4.98 Å². The maximum atomic E-state index is 12.7. The van der Waals surface area contributed by atoms with Crippen molar-refractivity contribution >= 4 is 27.5 Å². The molecule has 1 N–H and O–H groups in total. The number of hydrogen-bond acceptors (Lipinski definition) is 6. The summed E-state index contributed by atoms with van der Waals surface area (Å²) in [5.74, 6) is 1.55. The standard InChI is InChI=1S/C22H21N3O3S/c26-21(23-14-16(17-7-5-13-27-17)25-11-3-4-12-25)18-9-10-19(28-18)22-24-15-6-1-2-8-20(15)29-22/h1-2,5-10,13,16H,3-4,11-12,14H2,(H,23,26)/t16-/m0/s1. The molecular formula is C22H21N3O3S. The van der Waals surface area contributed by atoms with Crippen LogP contribution in [-0.4, -0.2) is 35.4 Å². The minimum atomic E-state index is -0.229. The SMILES string of the molecule is O=C(NC[C@@H](c1ccco1)N1CCCC1)c1ccc(-c2nc3ccccc3s2)o1. The Morgan fingerprint density at radius 3 is 2.79 bits per heavy atom. The fraction of sp³-hybridized carbons (Fsp3) is 0.273. The molecule has 1 fully saturated rings. The lowest BCUT2D eigenvalue weighted by Gasteiger charge is -2.25. The van der Waals surface area contributed by atoms with E-state index in [4.69, 9.17) is 8.83 Å². The number of para-hydroxylation sites is 1. The number of fused-ring (bicyclic) bond motifs is 1. The summed E-state index contributed by atoms with van der Waals surface area (Å²) in [7, 11) is 0. The van der Waals surface area contributed by atoms with Crippen LogP contribution in [0.4, 0.5) is 0 Å². The Labute approximate surface area is 172 Å². The lowest BCUT2D eigenvalue weighted by Crippen LogP contribution is -2.36. The number of benzene rings is 1. The van der Waals surface area contributed by atoms with Crippen LogP contribution in [0.2, 0.25) is 0 Å². The minimum Gasteiger partial charge on any atom is -0.468 e. The van der Waals surface area contributed by atoms with Gasteiger partial charge in [-0.1, -0.05) is 12.1 Å². The molecule has 0 bridgehead atoms. The highest BCUT2D eigenvalue weighted by Crippen LogP contribution is 2.31. The van der Waals surface area contributed by atoms with Gasteiger partial charge in [-0.3, -0.25) is 9.69 Å².